The number of pyridine rings is 1. The number of aryl methyl sites for hydroxylation is 1. The molecule has 2 aromatic carbocycles. The van der Waals surface area contributed by atoms with Crippen LogP contribution < -0.4 is 10.5 Å². The summed E-state index contributed by atoms with van der Waals surface area (Å²) in [6.45, 7) is 1.99. The Balaban J connectivity index is 1.88. The number of H-pyrrole nitrogens is 1. The highest BCUT2D eigenvalue weighted by molar-refractivity contribution is 6.30. The van der Waals surface area contributed by atoms with Gasteiger partial charge in [0.25, 0.3) is 0 Å². The SMILES string of the molecule is Cc1ccc(N(Cc2cc(=O)[nH]c3c(F)c(F)ccc23)c2cccc(Cl)c2)nn1. The van der Waals surface area contributed by atoms with Gasteiger partial charge in [-0.1, -0.05) is 17.7 Å². The number of aromatic nitrogens is 3. The van der Waals surface area contributed by atoms with Crippen molar-refractivity contribution in [2.75, 3.05) is 4.90 Å². The smallest absolute Gasteiger partial charge is 0.248 e. The number of anilines is 2. The fourth-order valence-corrected chi connectivity index (χ4v) is 3.31. The molecule has 0 radical (unpaired) electrons. The monoisotopic (exact) mass is 412 g/mol. The van der Waals surface area contributed by atoms with E-state index in [1.165, 1.54) is 12.1 Å². The zero-order valence-electron chi connectivity index (χ0n) is 15.3. The zero-order valence-corrected chi connectivity index (χ0v) is 16.0. The van der Waals surface area contributed by atoms with E-state index in [0.29, 0.717) is 27.5 Å². The molecule has 2 heterocycles. The Morgan fingerprint density at radius 1 is 1.07 bits per heavy atom. The molecule has 0 unspecified atom stereocenters. The van der Waals surface area contributed by atoms with Gasteiger partial charge in [0.1, 0.15) is 0 Å². The average molecular weight is 413 g/mol. The van der Waals surface area contributed by atoms with Crippen LogP contribution in [0.5, 0.6) is 0 Å². The summed E-state index contributed by atoms with van der Waals surface area (Å²) in [4.78, 5) is 16.3. The summed E-state index contributed by atoms with van der Waals surface area (Å²) < 4.78 is 27.9. The van der Waals surface area contributed by atoms with Crippen LogP contribution in [-0.4, -0.2) is 15.2 Å². The summed E-state index contributed by atoms with van der Waals surface area (Å²) in [6, 6.07) is 14.6. The van der Waals surface area contributed by atoms with E-state index in [9.17, 15) is 13.6 Å². The molecule has 0 aliphatic rings. The van der Waals surface area contributed by atoms with E-state index in [4.69, 9.17) is 11.6 Å². The van der Waals surface area contributed by atoms with Gasteiger partial charge < -0.3 is 9.88 Å². The minimum atomic E-state index is -1.09. The Morgan fingerprint density at radius 2 is 1.90 bits per heavy atom. The van der Waals surface area contributed by atoms with E-state index in [0.717, 1.165) is 11.8 Å². The Hall–Kier alpha value is -3.32. The first-order chi connectivity index (χ1) is 13.9. The highest BCUT2D eigenvalue weighted by Gasteiger charge is 2.17. The normalized spacial score (nSPS) is 11.0. The van der Waals surface area contributed by atoms with Gasteiger partial charge in [0, 0.05) is 22.2 Å². The minimum absolute atomic E-state index is 0.170. The summed E-state index contributed by atoms with van der Waals surface area (Å²) in [5.74, 6) is -1.60. The predicted molar refractivity (Wildman–Crippen MR) is 109 cm³/mol. The van der Waals surface area contributed by atoms with Crippen LogP contribution in [0.2, 0.25) is 5.02 Å². The Kier molecular flexibility index (Phi) is 4.98. The molecule has 0 saturated carbocycles. The number of benzene rings is 2. The molecule has 0 saturated heterocycles. The summed E-state index contributed by atoms with van der Waals surface area (Å²) in [5, 5.41) is 9.24. The molecule has 0 aliphatic heterocycles. The quantitative estimate of drug-likeness (QED) is 0.518. The molecule has 0 fully saturated rings. The Bertz CT molecular complexity index is 1260. The molecule has 1 N–H and O–H groups in total. The highest BCUT2D eigenvalue weighted by Crippen LogP contribution is 2.30. The van der Waals surface area contributed by atoms with Crippen LogP contribution in [0.15, 0.2) is 59.4 Å². The van der Waals surface area contributed by atoms with Crippen molar-refractivity contribution in [1.29, 1.82) is 0 Å². The molecule has 146 valence electrons. The topological polar surface area (TPSA) is 61.9 Å². The molecule has 0 aliphatic carbocycles. The average Bonchev–Trinajstić information content (AvgIpc) is 2.70. The maximum Gasteiger partial charge on any atom is 0.248 e. The predicted octanol–water partition coefficient (Wildman–Crippen LogP) is 4.90. The molecule has 4 aromatic rings. The number of nitrogens with zero attached hydrogens (tertiary/aromatic N) is 3. The van der Waals surface area contributed by atoms with Crippen molar-refractivity contribution in [3.63, 3.8) is 0 Å². The maximum absolute atomic E-state index is 14.2. The summed E-state index contributed by atoms with van der Waals surface area (Å²) in [6.07, 6.45) is 0. The molecular weight excluding hydrogens is 398 g/mol. The van der Waals surface area contributed by atoms with Crippen molar-refractivity contribution >= 4 is 34.0 Å². The number of hydrogen-bond donors (Lipinski definition) is 1. The van der Waals surface area contributed by atoms with Crippen molar-refractivity contribution < 1.29 is 8.78 Å². The van der Waals surface area contributed by atoms with Gasteiger partial charge in [-0.3, -0.25) is 4.79 Å². The second-order valence-electron chi connectivity index (χ2n) is 6.54. The van der Waals surface area contributed by atoms with E-state index in [2.05, 4.69) is 15.2 Å². The zero-order chi connectivity index (χ0) is 20.5. The lowest BCUT2D eigenvalue weighted by Gasteiger charge is -2.24. The van der Waals surface area contributed by atoms with E-state index < -0.39 is 17.2 Å². The van der Waals surface area contributed by atoms with Crippen molar-refractivity contribution in [2.45, 2.75) is 13.5 Å². The molecule has 0 bridgehead atoms. The van der Waals surface area contributed by atoms with Crippen LogP contribution in [0, 0.1) is 18.6 Å². The summed E-state index contributed by atoms with van der Waals surface area (Å²) in [7, 11) is 0. The van der Waals surface area contributed by atoms with E-state index in [-0.39, 0.29) is 12.1 Å². The van der Waals surface area contributed by atoms with Crippen LogP contribution in [0.3, 0.4) is 0 Å². The first-order valence-corrected chi connectivity index (χ1v) is 9.13. The van der Waals surface area contributed by atoms with E-state index >= 15 is 0 Å². The Labute approximate surface area is 169 Å². The minimum Gasteiger partial charge on any atom is -0.320 e. The molecule has 5 nitrogen and oxygen atoms in total. The van der Waals surface area contributed by atoms with Gasteiger partial charge in [-0.2, -0.15) is 5.10 Å². The maximum atomic E-state index is 14.2. The molecule has 4 rings (SSSR count). The molecule has 0 amide bonds. The highest BCUT2D eigenvalue weighted by atomic mass is 35.5. The number of nitrogens with one attached hydrogen (secondary N) is 1. The van der Waals surface area contributed by atoms with Gasteiger partial charge in [0.15, 0.2) is 17.5 Å². The van der Waals surface area contributed by atoms with Crippen LogP contribution in [0.25, 0.3) is 10.9 Å². The fourth-order valence-electron chi connectivity index (χ4n) is 3.12. The molecule has 8 heteroatoms. The van der Waals surface area contributed by atoms with Gasteiger partial charge in [0.05, 0.1) is 17.8 Å². The van der Waals surface area contributed by atoms with Crippen LogP contribution in [-0.2, 0) is 6.54 Å². The van der Waals surface area contributed by atoms with Gasteiger partial charge in [-0.05, 0) is 55.0 Å². The Morgan fingerprint density at radius 3 is 2.62 bits per heavy atom. The molecule has 0 atom stereocenters. The first kappa shape index (κ1) is 19.0. The summed E-state index contributed by atoms with van der Waals surface area (Å²) in [5.41, 5.74) is 1.27. The third-order valence-electron chi connectivity index (χ3n) is 4.50. The lowest BCUT2D eigenvalue weighted by molar-refractivity contribution is 0.515. The third kappa shape index (κ3) is 3.82. The molecule has 0 spiro atoms. The van der Waals surface area contributed by atoms with E-state index in [1.54, 1.807) is 29.2 Å². The van der Waals surface area contributed by atoms with Gasteiger partial charge >= 0.3 is 0 Å². The van der Waals surface area contributed by atoms with Crippen LogP contribution in [0.1, 0.15) is 11.3 Å². The first-order valence-electron chi connectivity index (χ1n) is 8.76. The number of fused-ring (bicyclic) bond motifs is 1. The lowest BCUT2D eigenvalue weighted by Crippen LogP contribution is -2.20. The van der Waals surface area contributed by atoms with Gasteiger partial charge in [0.2, 0.25) is 5.56 Å². The molecular formula is C21H15ClF2N4O. The van der Waals surface area contributed by atoms with Crippen LogP contribution >= 0.6 is 11.6 Å². The van der Waals surface area contributed by atoms with Crippen molar-refractivity contribution in [2.24, 2.45) is 0 Å². The van der Waals surface area contributed by atoms with Crippen molar-refractivity contribution in [3.8, 4) is 0 Å². The van der Waals surface area contributed by atoms with Crippen molar-refractivity contribution in [3.05, 3.63) is 92.9 Å². The molecule has 2 aromatic heterocycles. The largest absolute Gasteiger partial charge is 0.320 e. The van der Waals surface area contributed by atoms with E-state index in [1.807, 2.05) is 19.1 Å². The van der Waals surface area contributed by atoms with Crippen molar-refractivity contribution in [1.82, 2.24) is 15.2 Å². The fraction of sp³-hybridized carbons (Fsp3) is 0.0952. The van der Waals surface area contributed by atoms with Gasteiger partial charge in [-0.25, -0.2) is 8.78 Å². The standard InChI is InChI=1S/C21H15ClF2N4O/c1-12-5-8-18(27-26-12)28(15-4-2-3-14(22)10-15)11-13-9-19(29)25-21-16(13)6-7-17(23)20(21)24/h2-10H,11H2,1H3,(H,25,29). The number of rotatable bonds is 4. The van der Waals surface area contributed by atoms with Crippen LogP contribution in [0.4, 0.5) is 20.3 Å². The summed E-state index contributed by atoms with van der Waals surface area (Å²) >= 11 is 6.15. The lowest BCUT2D eigenvalue weighted by atomic mass is 10.1. The number of hydrogen-bond acceptors (Lipinski definition) is 4. The third-order valence-corrected chi connectivity index (χ3v) is 4.74. The molecule has 29 heavy (non-hydrogen) atoms. The number of halogens is 3. The second kappa shape index (κ2) is 7.60. The second-order valence-corrected chi connectivity index (χ2v) is 6.98. The number of aromatic amines is 1. The van der Waals surface area contributed by atoms with Gasteiger partial charge in [-0.15, -0.1) is 5.10 Å².